The van der Waals surface area contributed by atoms with Gasteiger partial charge in [0.25, 0.3) is 10.2 Å². The summed E-state index contributed by atoms with van der Waals surface area (Å²) >= 11 is 0. The van der Waals surface area contributed by atoms with Gasteiger partial charge in [0.05, 0.1) is 23.7 Å². The van der Waals surface area contributed by atoms with Crippen LogP contribution in [0, 0.1) is 0 Å². The van der Waals surface area contributed by atoms with Crippen LogP contribution < -0.4 is 10.0 Å². The molecule has 35 heavy (non-hydrogen) atoms. The zero-order chi connectivity index (χ0) is 24.0. The molecule has 2 aromatic heterocycles. The molecule has 4 aromatic rings. The molecule has 0 saturated carbocycles. The summed E-state index contributed by atoms with van der Waals surface area (Å²) in [5.41, 5.74) is 5.08. The topological polar surface area (TPSA) is 119 Å². The van der Waals surface area contributed by atoms with Crippen molar-refractivity contribution < 1.29 is 13.2 Å². The zero-order valence-corrected chi connectivity index (χ0v) is 19.8. The summed E-state index contributed by atoms with van der Waals surface area (Å²) in [5.74, 6) is 1.49. The highest BCUT2D eigenvalue weighted by Gasteiger charge is 2.26. The molecule has 0 unspecified atom stereocenters. The van der Waals surface area contributed by atoms with E-state index in [2.05, 4.69) is 32.7 Å². The van der Waals surface area contributed by atoms with Crippen molar-refractivity contribution in [2.24, 2.45) is 5.14 Å². The molecule has 1 atom stereocenters. The van der Waals surface area contributed by atoms with Gasteiger partial charge < -0.3 is 14.2 Å². The predicted molar refractivity (Wildman–Crippen MR) is 132 cm³/mol. The molecule has 2 aromatic carbocycles. The van der Waals surface area contributed by atoms with E-state index in [1.165, 1.54) is 9.87 Å². The van der Waals surface area contributed by atoms with Crippen LogP contribution in [0.3, 0.4) is 0 Å². The molecule has 10 nitrogen and oxygen atoms in total. The van der Waals surface area contributed by atoms with Crippen molar-refractivity contribution in [1.29, 1.82) is 0 Å². The van der Waals surface area contributed by atoms with E-state index in [9.17, 15) is 8.42 Å². The van der Waals surface area contributed by atoms with Crippen molar-refractivity contribution in [1.82, 2.24) is 23.8 Å². The van der Waals surface area contributed by atoms with Gasteiger partial charge in [-0.25, -0.2) is 20.1 Å². The van der Waals surface area contributed by atoms with Gasteiger partial charge in [0, 0.05) is 44.1 Å². The first-order valence-electron chi connectivity index (χ1n) is 11.5. The van der Waals surface area contributed by atoms with Gasteiger partial charge in [-0.1, -0.05) is 36.4 Å². The molecule has 11 heteroatoms. The van der Waals surface area contributed by atoms with E-state index in [0.717, 1.165) is 28.0 Å². The molecular formula is C24H25N7O3S. The van der Waals surface area contributed by atoms with Gasteiger partial charge in [-0.3, -0.25) is 0 Å². The van der Waals surface area contributed by atoms with Crippen LogP contribution >= 0.6 is 0 Å². The van der Waals surface area contributed by atoms with Crippen LogP contribution in [0.2, 0.25) is 0 Å². The van der Waals surface area contributed by atoms with Crippen LogP contribution in [-0.4, -0.2) is 65.0 Å². The molecule has 0 bridgehead atoms. The minimum Gasteiger partial charge on any atom is -0.371 e. The Morgan fingerprint density at radius 3 is 2.40 bits per heavy atom. The highest BCUT2D eigenvalue weighted by atomic mass is 32.2. The van der Waals surface area contributed by atoms with Crippen LogP contribution in [0.25, 0.3) is 22.2 Å². The lowest BCUT2D eigenvalue weighted by molar-refractivity contribution is 0.0679. The molecular weight excluding hydrogens is 466 g/mol. The van der Waals surface area contributed by atoms with Crippen molar-refractivity contribution in [2.75, 3.05) is 37.7 Å². The fourth-order valence-electron chi connectivity index (χ4n) is 4.81. The van der Waals surface area contributed by atoms with E-state index in [0.29, 0.717) is 45.3 Å². The number of nitrogens with two attached hydrogens (primary N) is 1. The van der Waals surface area contributed by atoms with Crippen LogP contribution in [0.4, 0.5) is 5.95 Å². The summed E-state index contributed by atoms with van der Waals surface area (Å²) in [6, 6.07) is 16.6. The second kappa shape index (κ2) is 8.68. The van der Waals surface area contributed by atoms with Crippen LogP contribution in [-0.2, 0) is 21.6 Å². The largest absolute Gasteiger partial charge is 0.371 e. The standard InChI is InChI=1S/C24H25N7O3S/c25-35(32,33)30-10-8-29(9-11-30)24-26-13-19(14-27-24)18-6-7-20-21(12-18)31-22(15-34-16-23(31)28-20)17-4-2-1-3-5-17/h1-7,12-14,22H,8-11,15-16H2,(H2,25,32,33)/t22-/m1/s1. The maximum Gasteiger partial charge on any atom is 0.277 e. The van der Waals surface area contributed by atoms with E-state index in [1.54, 1.807) is 12.4 Å². The van der Waals surface area contributed by atoms with Gasteiger partial charge >= 0.3 is 0 Å². The molecule has 2 aliphatic rings. The van der Waals surface area contributed by atoms with E-state index in [4.69, 9.17) is 14.9 Å². The number of rotatable bonds is 4. The smallest absolute Gasteiger partial charge is 0.277 e. The fraction of sp³-hybridized carbons (Fsp3) is 0.292. The average Bonchev–Trinajstić information content (AvgIpc) is 3.27. The third-order valence-corrected chi connectivity index (χ3v) is 7.70. The SMILES string of the molecule is NS(=O)(=O)N1CCN(c2ncc(-c3ccc4nc5n(c4c3)[C@@H](c3ccccc3)COC5)cn2)CC1. The fourth-order valence-corrected chi connectivity index (χ4v) is 5.48. The third kappa shape index (κ3) is 4.16. The first kappa shape index (κ1) is 22.1. The van der Waals surface area contributed by atoms with Gasteiger partial charge in [-0.05, 0) is 23.3 Å². The number of ether oxygens (including phenoxy) is 1. The summed E-state index contributed by atoms with van der Waals surface area (Å²) < 4.78 is 32.5. The maximum absolute atomic E-state index is 11.5. The first-order chi connectivity index (χ1) is 17.0. The molecule has 1 fully saturated rings. The van der Waals surface area contributed by atoms with E-state index < -0.39 is 10.2 Å². The van der Waals surface area contributed by atoms with E-state index in [-0.39, 0.29) is 6.04 Å². The minimum absolute atomic E-state index is 0.0647. The predicted octanol–water partition coefficient (Wildman–Crippen LogP) is 1.94. The summed E-state index contributed by atoms with van der Waals surface area (Å²) in [5, 5.41) is 5.23. The molecule has 1 saturated heterocycles. The van der Waals surface area contributed by atoms with Gasteiger partial charge in [-0.15, -0.1) is 0 Å². The van der Waals surface area contributed by atoms with Crippen molar-refractivity contribution in [3.63, 3.8) is 0 Å². The highest BCUT2D eigenvalue weighted by molar-refractivity contribution is 7.86. The Labute approximate surface area is 203 Å². The molecule has 4 heterocycles. The van der Waals surface area contributed by atoms with Crippen LogP contribution in [0.5, 0.6) is 0 Å². The van der Waals surface area contributed by atoms with Crippen LogP contribution in [0.1, 0.15) is 17.4 Å². The van der Waals surface area contributed by atoms with Crippen LogP contribution in [0.15, 0.2) is 60.9 Å². The number of fused-ring (bicyclic) bond motifs is 3. The first-order valence-corrected chi connectivity index (χ1v) is 13.0. The van der Waals surface area contributed by atoms with E-state index >= 15 is 0 Å². The minimum atomic E-state index is -3.67. The van der Waals surface area contributed by atoms with E-state index in [1.807, 2.05) is 35.2 Å². The van der Waals surface area contributed by atoms with Crippen molar-refractivity contribution in [3.05, 3.63) is 72.3 Å². The summed E-state index contributed by atoms with van der Waals surface area (Å²) in [4.78, 5) is 15.9. The zero-order valence-electron chi connectivity index (χ0n) is 19.0. The van der Waals surface area contributed by atoms with Gasteiger partial charge in [0.2, 0.25) is 5.95 Å². The Morgan fingerprint density at radius 1 is 0.943 bits per heavy atom. The summed E-state index contributed by atoms with van der Waals surface area (Å²) in [6.07, 6.45) is 3.61. The average molecular weight is 492 g/mol. The molecule has 180 valence electrons. The molecule has 0 aliphatic carbocycles. The van der Waals surface area contributed by atoms with Crippen molar-refractivity contribution in [2.45, 2.75) is 12.6 Å². The number of hydrogen-bond donors (Lipinski definition) is 1. The monoisotopic (exact) mass is 491 g/mol. The Hall–Kier alpha value is -3.38. The van der Waals surface area contributed by atoms with Crippen molar-refractivity contribution >= 4 is 27.2 Å². The second-order valence-corrected chi connectivity index (χ2v) is 10.3. The molecule has 2 N–H and O–H groups in total. The number of nitrogens with zero attached hydrogens (tertiary/aromatic N) is 6. The number of hydrogen-bond acceptors (Lipinski definition) is 7. The lowest BCUT2D eigenvalue weighted by Crippen LogP contribution is -2.51. The quantitative estimate of drug-likeness (QED) is 0.463. The number of piperazine rings is 1. The molecule has 0 amide bonds. The number of imidazole rings is 1. The highest BCUT2D eigenvalue weighted by Crippen LogP contribution is 2.32. The van der Waals surface area contributed by atoms with Gasteiger partial charge in [0.15, 0.2) is 0 Å². The Balaban J connectivity index is 1.28. The number of aromatic nitrogens is 4. The summed E-state index contributed by atoms with van der Waals surface area (Å²) in [7, 11) is -3.67. The van der Waals surface area contributed by atoms with Crippen molar-refractivity contribution in [3.8, 4) is 11.1 Å². The number of benzene rings is 2. The normalized spacial score (nSPS) is 19.1. The lowest BCUT2D eigenvalue weighted by atomic mass is 10.1. The molecule has 0 radical (unpaired) electrons. The lowest BCUT2D eigenvalue weighted by Gasteiger charge is -2.32. The molecule has 2 aliphatic heterocycles. The maximum atomic E-state index is 11.5. The van der Waals surface area contributed by atoms with Gasteiger partial charge in [-0.2, -0.15) is 12.7 Å². The van der Waals surface area contributed by atoms with Gasteiger partial charge in [0.1, 0.15) is 12.4 Å². The Morgan fingerprint density at radius 2 is 1.69 bits per heavy atom. The molecule has 0 spiro atoms. The number of anilines is 1. The second-order valence-electron chi connectivity index (χ2n) is 8.75. The molecule has 6 rings (SSSR count). The Kier molecular flexibility index (Phi) is 5.49. The Bertz CT molecular complexity index is 1460. The third-order valence-electron chi connectivity index (χ3n) is 6.62. The summed E-state index contributed by atoms with van der Waals surface area (Å²) in [6.45, 7) is 2.71.